The number of nitrogens with zero attached hydrogens (tertiary/aromatic N) is 2. The van der Waals surface area contributed by atoms with Crippen molar-refractivity contribution in [3.05, 3.63) is 10.6 Å². The van der Waals surface area contributed by atoms with Crippen LogP contribution in [0, 0.1) is 6.92 Å². The van der Waals surface area contributed by atoms with Gasteiger partial charge in [-0.15, -0.1) is 5.10 Å². The van der Waals surface area contributed by atoms with Gasteiger partial charge in [0.05, 0.1) is 5.69 Å². The second kappa shape index (κ2) is 4.42. The highest BCUT2D eigenvalue weighted by Crippen LogP contribution is 2.07. The molecule has 1 aromatic heterocycles. The molecule has 0 unspecified atom stereocenters. The first-order chi connectivity index (χ1) is 5.75. The molecule has 1 N–H and O–H groups in total. The zero-order valence-corrected chi connectivity index (χ0v) is 8.28. The predicted molar refractivity (Wildman–Crippen MR) is 50.8 cm³/mol. The van der Waals surface area contributed by atoms with E-state index in [2.05, 4.69) is 27.5 Å². The van der Waals surface area contributed by atoms with E-state index in [1.807, 2.05) is 0 Å². The summed E-state index contributed by atoms with van der Waals surface area (Å²) in [7, 11) is 0. The van der Waals surface area contributed by atoms with Crippen molar-refractivity contribution >= 4 is 30.1 Å². The summed E-state index contributed by atoms with van der Waals surface area (Å²) < 4.78 is 3.66. The van der Waals surface area contributed by atoms with Gasteiger partial charge in [-0.3, -0.25) is 4.79 Å². The van der Waals surface area contributed by atoms with Crippen LogP contribution in [0.15, 0.2) is 0 Å². The van der Waals surface area contributed by atoms with Crippen LogP contribution in [0.2, 0.25) is 0 Å². The number of amides is 1. The maximum absolute atomic E-state index is 11.3. The van der Waals surface area contributed by atoms with Gasteiger partial charge in [0, 0.05) is 12.3 Å². The molecule has 12 heavy (non-hydrogen) atoms. The molecule has 0 radical (unpaired) electrons. The lowest BCUT2D eigenvalue weighted by molar-refractivity contribution is 0.0959. The van der Waals surface area contributed by atoms with Crippen molar-refractivity contribution < 1.29 is 4.79 Å². The molecule has 0 aliphatic rings. The van der Waals surface area contributed by atoms with Crippen molar-refractivity contribution in [1.29, 1.82) is 0 Å². The van der Waals surface area contributed by atoms with E-state index in [0.717, 1.165) is 11.5 Å². The molecule has 0 saturated carbocycles. The van der Waals surface area contributed by atoms with Crippen molar-refractivity contribution in [3.8, 4) is 0 Å². The maximum Gasteiger partial charge on any atom is 0.264 e. The summed E-state index contributed by atoms with van der Waals surface area (Å²) in [5.74, 6) is 0.522. The number of nitrogens with one attached hydrogen (secondary N) is 1. The molecule has 0 saturated heterocycles. The fourth-order valence-corrected chi connectivity index (χ4v) is 1.37. The summed E-state index contributed by atoms with van der Waals surface area (Å²) in [6, 6.07) is 0. The Labute approximate surface area is 79.9 Å². The van der Waals surface area contributed by atoms with Gasteiger partial charge in [-0.25, -0.2) is 0 Å². The van der Waals surface area contributed by atoms with Crippen molar-refractivity contribution in [1.82, 2.24) is 14.9 Å². The lowest BCUT2D eigenvalue weighted by Gasteiger charge is -1.98. The summed E-state index contributed by atoms with van der Waals surface area (Å²) in [4.78, 5) is 11.9. The first kappa shape index (κ1) is 9.47. The second-order valence-electron chi connectivity index (χ2n) is 2.17. The van der Waals surface area contributed by atoms with E-state index >= 15 is 0 Å². The van der Waals surface area contributed by atoms with Crippen LogP contribution in [0.5, 0.6) is 0 Å². The predicted octanol–water partition coefficient (Wildman–Crippen LogP) is 0.506. The minimum Gasteiger partial charge on any atom is -0.350 e. The number of hydrogen-bond acceptors (Lipinski definition) is 5. The summed E-state index contributed by atoms with van der Waals surface area (Å²) in [6.07, 6.45) is 0. The number of aromatic nitrogens is 2. The Kier molecular flexibility index (Phi) is 3.48. The third-order valence-electron chi connectivity index (χ3n) is 1.26. The van der Waals surface area contributed by atoms with Gasteiger partial charge >= 0.3 is 0 Å². The van der Waals surface area contributed by atoms with Crippen molar-refractivity contribution in [2.75, 3.05) is 12.3 Å². The largest absolute Gasteiger partial charge is 0.350 e. The van der Waals surface area contributed by atoms with Crippen LogP contribution >= 0.6 is 24.2 Å². The fraction of sp³-hybridized carbons (Fsp3) is 0.500. The molecule has 0 aromatic carbocycles. The molecule has 0 bridgehead atoms. The van der Waals surface area contributed by atoms with Crippen LogP contribution in [-0.4, -0.2) is 27.8 Å². The lowest BCUT2D eigenvalue weighted by Crippen LogP contribution is -2.25. The van der Waals surface area contributed by atoms with E-state index in [-0.39, 0.29) is 5.91 Å². The first-order valence-electron chi connectivity index (χ1n) is 3.43. The van der Waals surface area contributed by atoms with Gasteiger partial charge in [-0.05, 0) is 18.5 Å². The number of thiol groups is 1. The normalized spacial score (nSPS) is 9.83. The molecule has 1 amide bonds. The van der Waals surface area contributed by atoms with Gasteiger partial charge in [0.15, 0.2) is 0 Å². The quantitative estimate of drug-likeness (QED) is 0.704. The smallest absolute Gasteiger partial charge is 0.264 e. The molecule has 0 fully saturated rings. The number of hydrogen-bond donors (Lipinski definition) is 2. The molecular formula is C6H9N3OS2. The van der Waals surface area contributed by atoms with Crippen molar-refractivity contribution in [3.63, 3.8) is 0 Å². The monoisotopic (exact) mass is 203 g/mol. The third-order valence-corrected chi connectivity index (χ3v) is 2.31. The van der Waals surface area contributed by atoms with Crippen LogP contribution < -0.4 is 5.32 Å². The van der Waals surface area contributed by atoms with Gasteiger partial charge < -0.3 is 5.32 Å². The number of aryl methyl sites for hydroxylation is 1. The van der Waals surface area contributed by atoms with Gasteiger partial charge in [0.2, 0.25) is 0 Å². The highest BCUT2D eigenvalue weighted by Gasteiger charge is 2.11. The number of carbonyl (C=O) groups is 1. The molecule has 4 nitrogen and oxygen atoms in total. The Hall–Kier alpha value is -0.620. The Morgan fingerprint density at radius 2 is 2.50 bits per heavy atom. The van der Waals surface area contributed by atoms with E-state index in [0.29, 0.717) is 22.9 Å². The average Bonchev–Trinajstić information content (AvgIpc) is 2.47. The van der Waals surface area contributed by atoms with Crippen molar-refractivity contribution in [2.24, 2.45) is 0 Å². The average molecular weight is 203 g/mol. The van der Waals surface area contributed by atoms with Gasteiger partial charge in [-0.1, -0.05) is 4.49 Å². The summed E-state index contributed by atoms with van der Waals surface area (Å²) in [5, 5.41) is 6.43. The Balaban J connectivity index is 2.59. The Morgan fingerprint density at radius 1 is 1.75 bits per heavy atom. The molecule has 0 spiro atoms. The fourth-order valence-electron chi connectivity index (χ4n) is 0.689. The molecule has 0 atom stereocenters. The van der Waals surface area contributed by atoms with Crippen LogP contribution in [0.25, 0.3) is 0 Å². The maximum atomic E-state index is 11.3. The van der Waals surface area contributed by atoms with E-state index in [4.69, 9.17) is 0 Å². The van der Waals surface area contributed by atoms with Crippen LogP contribution in [-0.2, 0) is 0 Å². The van der Waals surface area contributed by atoms with Crippen molar-refractivity contribution in [2.45, 2.75) is 6.92 Å². The summed E-state index contributed by atoms with van der Waals surface area (Å²) in [5.41, 5.74) is 0.677. The third kappa shape index (κ3) is 2.18. The standard InChI is InChI=1S/C6H9N3OS2/c1-4-5(12-9-8-4)6(10)7-2-3-11/h11H,2-3H2,1H3,(H,7,10). The molecule has 1 heterocycles. The highest BCUT2D eigenvalue weighted by atomic mass is 32.1. The summed E-state index contributed by atoms with van der Waals surface area (Å²) >= 11 is 5.09. The minimum atomic E-state index is -0.114. The molecule has 1 aromatic rings. The molecule has 1 rings (SSSR count). The first-order valence-corrected chi connectivity index (χ1v) is 4.84. The molecular weight excluding hydrogens is 194 g/mol. The van der Waals surface area contributed by atoms with E-state index in [1.54, 1.807) is 6.92 Å². The lowest BCUT2D eigenvalue weighted by atomic mass is 10.4. The van der Waals surface area contributed by atoms with Gasteiger partial charge in [0.25, 0.3) is 5.91 Å². The Morgan fingerprint density at radius 3 is 3.00 bits per heavy atom. The molecule has 6 heteroatoms. The van der Waals surface area contributed by atoms with E-state index in [9.17, 15) is 4.79 Å². The van der Waals surface area contributed by atoms with E-state index < -0.39 is 0 Å². The van der Waals surface area contributed by atoms with Gasteiger partial charge in [0.1, 0.15) is 4.88 Å². The number of rotatable bonds is 3. The minimum absolute atomic E-state index is 0.114. The molecule has 0 aliphatic heterocycles. The summed E-state index contributed by atoms with van der Waals surface area (Å²) in [6.45, 7) is 2.33. The van der Waals surface area contributed by atoms with Crippen LogP contribution in [0.1, 0.15) is 15.4 Å². The molecule has 0 aliphatic carbocycles. The highest BCUT2D eigenvalue weighted by molar-refractivity contribution is 7.80. The molecule has 66 valence electrons. The zero-order valence-electron chi connectivity index (χ0n) is 6.57. The van der Waals surface area contributed by atoms with Crippen LogP contribution in [0.3, 0.4) is 0 Å². The van der Waals surface area contributed by atoms with Gasteiger partial charge in [-0.2, -0.15) is 12.6 Å². The zero-order chi connectivity index (χ0) is 8.97. The second-order valence-corrected chi connectivity index (χ2v) is 3.37. The SMILES string of the molecule is Cc1nnsc1C(=O)NCCS. The topological polar surface area (TPSA) is 54.9 Å². The van der Waals surface area contributed by atoms with E-state index in [1.165, 1.54) is 0 Å². The Bertz CT molecular complexity index is 274. The van der Waals surface area contributed by atoms with Crippen LogP contribution in [0.4, 0.5) is 0 Å². The number of carbonyl (C=O) groups excluding carboxylic acids is 1.